The Hall–Kier alpha value is -3.70. The van der Waals surface area contributed by atoms with Gasteiger partial charge in [0.25, 0.3) is 0 Å². The van der Waals surface area contributed by atoms with Gasteiger partial charge in [-0.05, 0) is 65.7 Å². The summed E-state index contributed by atoms with van der Waals surface area (Å²) in [5, 5.41) is 36.5. The molecule has 37 heavy (non-hydrogen) atoms. The molecule has 0 aliphatic heterocycles. The first kappa shape index (κ1) is 31.3. The van der Waals surface area contributed by atoms with Crippen molar-refractivity contribution in [3.05, 3.63) is 23.8 Å². The number of alkyl carbamates (subject to hydrolysis) is 2. The van der Waals surface area contributed by atoms with E-state index in [4.69, 9.17) is 9.47 Å². The largest absolute Gasteiger partial charge is 0.504 e. The summed E-state index contributed by atoms with van der Waals surface area (Å²) in [5.41, 5.74) is -3.70. The molecule has 1 unspecified atom stereocenters. The van der Waals surface area contributed by atoms with Crippen LogP contribution in [-0.4, -0.2) is 62.3 Å². The number of carbonyl (C=O) groups excluding carboxylic acids is 3. The first-order valence-corrected chi connectivity index (χ1v) is 11.9. The molecule has 0 aromatic heterocycles. The zero-order valence-corrected chi connectivity index (χ0v) is 22.4. The number of hydrogen-bond acceptors (Lipinski definition) is 8. The molecular weight excluding hydrogens is 486 g/mol. The Labute approximate surface area is 216 Å². The highest BCUT2D eigenvalue weighted by atomic mass is 16.6. The first-order valence-electron chi connectivity index (χ1n) is 11.9. The lowest BCUT2D eigenvalue weighted by molar-refractivity contribution is -0.150. The van der Waals surface area contributed by atoms with Crippen LogP contribution in [0, 0.1) is 0 Å². The molecule has 0 saturated heterocycles. The molecule has 208 valence electrons. The van der Waals surface area contributed by atoms with Crippen LogP contribution < -0.4 is 16.0 Å². The molecule has 0 fully saturated rings. The Balaban J connectivity index is 3.35. The summed E-state index contributed by atoms with van der Waals surface area (Å²) in [6, 6.07) is 2.46. The van der Waals surface area contributed by atoms with E-state index in [9.17, 15) is 34.5 Å². The van der Waals surface area contributed by atoms with Crippen LogP contribution in [0.4, 0.5) is 9.59 Å². The summed E-state index contributed by atoms with van der Waals surface area (Å²) >= 11 is 0. The van der Waals surface area contributed by atoms with Gasteiger partial charge in [0.05, 0.1) is 0 Å². The number of rotatable bonds is 10. The van der Waals surface area contributed by atoms with Crippen molar-refractivity contribution >= 4 is 24.1 Å². The first-order chi connectivity index (χ1) is 16.9. The summed E-state index contributed by atoms with van der Waals surface area (Å²) in [6.45, 7) is 11.5. The van der Waals surface area contributed by atoms with E-state index in [1.165, 1.54) is 18.2 Å². The number of hydrogen-bond donors (Lipinski definition) is 6. The summed E-state index contributed by atoms with van der Waals surface area (Å²) in [4.78, 5) is 50.8. The van der Waals surface area contributed by atoms with Crippen LogP contribution in [-0.2, 0) is 25.5 Å². The third-order valence-electron chi connectivity index (χ3n) is 4.81. The predicted octanol–water partition coefficient (Wildman–Crippen LogP) is 3.15. The molecule has 0 aliphatic carbocycles. The third kappa shape index (κ3) is 10.8. The molecule has 12 nitrogen and oxygen atoms in total. The Bertz CT molecular complexity index is 983. The maximum absolute atomic E-state index is 13.4. The molecule has 0 heterocycles. The number of carboxylic acid groups (broad SMARTS) is 1. The zero-order chi connectivity index (χ0) is 28.6. The van der Waals surface area contributed by atoms with Gasteiger partial charge in [-0.2, -0.15) is 0 Å². The molecule has 0 spiro atoms. The van der Waals surface area contributed by atoms with Crippen LogP contribution in [0.5, 0.6) is 11.5 Å². The zero-order valence-electron chi connectivity index (χ0n) is 22.4. The number of nitrogens with one attached hydrogen (secondary N) is 3. The van der Waals surface area contributed by atoms with Crippen molar-refractivity contribution in [2.75, 3.05) is 0 Å². The maximum Gasteiger partial charge on any atom is 0.409 e. The van der Waals surface area contributed by atoms with E-state index in [2.05, 4.69) is 16.0 Å². The van der Waals surface area contributed by atoms with Crippen LogP contribution >= 0.6 is 0 Å². The van der Waals surface area contributed by atoms with E-state index >= 15 is 0 Å². The monoisotopic (exact) mass is 525 g/mol. The fraction of sp³-hybridized carbons (Fsp3) is 0.600. The molecule has 0 bridgehead atoms. The van der Waals surface area contributed by atoms with Crippen LogP contribution in [0.15, 0.2) is 18.2 Å². The molecule has 2 atom stereocenters. The van der Waals surface area contributed by atoms with Crippen molar-refractivity contribution in [2.24, 2.45) is 0 Å². The topological polar surface area (TPSA) is 184 Å². The number of aliphatic carboxylic acids is 1. The number of carbonyl (C=O) groups is 4. The Morgan fingerprint density at radius 2 is 1.46 bits per heavy atom. The second-order valence-corrected chi connectivity index (χ2v) is 10.7. The molecule has 1 aromatic carbocycles. The molecule has 6 N–H and O–H groups in total. The van der Waals surface area contributed by atoms with Crippen molar-refractivity contribution in [3.63, 3.8) is 0 Å². The average Bonchev–Trinajstić information content (AvgIpc) is 2.71. The number of aromatic hydroxyl groups is 2. The smallest absolute Gasteiger partial charge is 0.409 e. The lowest BCUT2D eigenvalue weighted by Crippen LogP contribution is -2.68. The lowest BCUT2D eigenvalue weighted by atomic mass is 9.99. The molecule has 0 aliphatic rings. The number of ether oxygens (including phenoxy) is 2. The average molecular weight is 526 g/mol. The maximum atomic E-state index is 13.4. The van der Waals surface area contributed by atoms with E-state index < -0.39 is 52.7 Å². The van der Waals surface area contributed by atoms with Gasteiger partial charge in [-0.1, -0.05) is 19.4 Å². The lowest BCUT2D eigenvalue weighted by Gasteiger charge is -2.34. The standard InChI is InChI=1S/C25H39N3O9/c1-8-9-12-25(20(32)33,28-22(35)37-24(5,6)7)27-19(31)16(26-21(34)36-23(2,3)4)13-15-10-11-17(29)18(30)14-15/h10-11,14,16,29-30H,8-9,12-13H2,1-7H3,(H,26,34)(H,27,31)(H,28,35)(H,32,33)/t16-,25?/m0/s1. The second kappa shape index (κ2) is 12.5. The van der Waals surface area contributed by atoms with Crippen LogP contribution in [0.1, 0.15) is 73.3 Å². The van der Waals surface area contributed by atoms with Crippen LogP contribution in [0.3, 0.4) is 0 Å². The normalized spacial score (nSPS) is 14.0. The van der Waals surface area contributed by atoms with Gasteiger partial charge >= 0.3 is 18.2 Å². The minimum atomic E-state index is -2.24. The van der Waals surface area contributed by atoms with E-state index in [1.807, 2.05) is 6.92 Å². The highest BCUT2D eigenvalue weighted by Gasteiger charge is 2.44. The summed E-state index contributed by atoms with van der Waals surface area (Å²) < 4.78 is 10.4. The summed E-state index contributed by atoms with van der Waals surface area (Å²) in [7, 11) is 0. The minimum Gasteiger partial charge on any atom is -0.504 e. The number of amides is 3. The van der Waals surface area contributed by atoms with Crippen molar-refractivity contribution in [2.45, 2.75) is 97.1 Å². The van der Waals surface area contributed by atoms with Gasteiger partial charge in [0, 0.05) is 12.8 Å². The quantitative estimate of drug-likeness (QED) is 0.197. The molecule has 0 radical (unpaired) electrons. The van der Waals surface area contributed by atoms with Gasteiger partial charge in [-0.15, -0.1) is 0 Å². The van der Waals surface area contributed by atoms with Crippen molar-refractivity contribution in [1.82, 2.24) is 16.0 Å². The number of phenols is 2. The molecular formula is C25H39N3O9. The van der Waals surface area contributed by atoms with Gasteiger partial charge in [0.15, 0.2) is 11.5 Å². The molecule has 0 saturated carbocycles. The van der Waals surface area contributed by atoms with Crippen molar-refractivity contribution in [1.29, 1.82) is 0 Å². The highest BCUT2D eigenvalue weighted by Crippen LogP contribution is 2.25. The van der Waals surface area contributed by atoms with Crippen LogP contribution in [0.25, 0.3) is 0 Å². The minimum absolute atomic E-state index is 0.164. The Morgan fingerprint density at radius 3 is 1.95 bits per heavy atom. The Kier molecular flexibility index (Phi) is 10.6. The second-order valence-electron chi connectivity index (χ2n) is 10.7. The van der Waals surface area contributed by atoms with Crippen molar-refractivity contribution < 1.29 is 44.0 Å². The molecule has 1 aromatic rings. The molecule has 12 heteroatoms. The fourth-order valence-electron chi connectivity index (χ4n) is 3.18. The number of phenolic OH excluding ortho intramolecular Hbond substituents is 2. The van der Waals surface area contributed by atoms with E-state index in [0.717, 1.165) is 0 Å². The van der Waals surface area contributed by atoms with Gasteiger partial charge in [0.1, 0.15) is 17.2 Å². The van der Waals surface area contributed by atoms with Crippen molar-refractivity contribution in [3.8, 4) is 11.5 Å². The SMILES string of the molecule is CCCCC(NC(=O)OC(C)(C)C)(NC(=O)[C@H](Cc1ccc(O)c(O)c1)NC(=O)OC(C)(C)C)C(=O)O. The summed E-state index contributed by atoms with van der Waals surface area (Å²) in [6.07, 6.45) is -1.46. The number of benzene rings is 1. The van der Waals surface area contributed by atoms with E-state index in [1.54, 1.807) is 41.5 Å². The van der Waals surface area contributed by atoms with E-state index in [0.29, 0.717) is 18.4 Å². The number of unbranched alkanes of at least 4 members (excludes halogenated alkanes) is 1. The van der Waals surface area contributed by atoms with E-state index in [-0.39, 0.29) is 18.6 Å². The molecule has 1 rings (SSSR count). The highest BCUT2D eigenvalue weighted by molar-refractivity contribution is 5.93. The van der Waals surface area contributed by atoms with Gasteiger partial charge in [0.2, 0.25) is 11.6 Å². The number of carboxylic acids is 1. The van der Waals surface area contributed by atoms with Gasteiger partial charge in [-0.25, -0.2) is 14.4 Å². The van der Waals surface area contributed by atoms with Crippen LogP contribution in [0.2, 0.25) is 0 Å². The fourth-order valence-corrected chi connectivity index (χ4v) is 3.18. The van der Waals surface area contributed by atoms with Gasteiger partial charge < -0.3 is 35.4 Å². The Morgan fingerprint density at radius 1 is 0.892 bits per heavy atom. The third-order valence-corrected chi connectivity index (χ3v) is 4.81. The van der Waals surface area contributed by atoms with Gasteiger partial charge in [-0.3, -0.25) is 10.1 Å². The molecule has 3 amide bonds. The summed E-state index contributed by atoms with van der Waals surface area (Å²) in [5.74, 6) is -3.29. The predicted molar refractivity (Wildman–Crippen MR) is 134 cm³/mol.